The number of quaternary nitrogens is 1. The van der Waals surface area contributed by atoms with Crippen LogP contribution in [0.15, 0.2) is 24.3 Å². The summed E-state index contributed by atoms with van der Waals surface area (Å²) in [5.74, 6) is 3.17. The molecule has 19 heavy (non-hydrogen) atoms. The fourth-order valence-corrected chi connectivity index (χ4v) is 2.26. The Labute approximate surface area is 120 Å². The molecule has 5 nitrogen and oxygen atoms in total. The van der Waals surface area contributed by atoms with Crippen LogP contribution in [0, 0.1) is 6.92 Å². The van der Waals surface area contributed by atoms with Crippen molar-refractivity contribution in [2.24, 2.45) is 0 Å². The predicted molar refractivity (Wildman–Crippen MR) is 76.0 cm³/mol. The van der Waals surface area contributed by atoms with Gasteiger partial charge in [0.05, 0.1) is 12.1 Å². The number of nitrogens with zero attached hydrogens (tertiary/aromatic N) is 1. The maximum Gasteiger partial charge on any atom is 0.206 e. The van der Waals surface area contributed by atoms with Gasteiger partial charge in [-0.3, -0.25) is 4.79 Å². The lowest BCUT2D eigenvalue weighted by Gasteiger charge is -1.98. The van der Waals surface area contributed by atoms with Gasteiger partial charge >= 0.3 is 0 Å². The van der Waals surface area contributed by atoms with Crippen LogP contribution in [0.1, 0.15) is 20.2 Å². The SMILES string of the molecule is CO[NH3+].Cc1nc(N)c(C(=O)c2ccc(Cl)cc2)s1. The van der Waals surface area contributed by atoms with Crippen LogP contribution in [-0.4, -0.2) is 17.9 Å². The number of aromatic nitrogens is 1. The molecule has 5 N–H and O–H groups in total. The molecule has 7 heteroatoms. The molecule has 0 aliphatic heterocycles. The Morgan fingerprint density at radius 3 is 2.37 bits per heavy atom. The van der Waals surface area contributed by atoms with E-state index in [0.717, 1.165) is 5.01 Å². The largest absolute Gasteiger partial charge is 0.382 e. The van der Waals surface area contributed by atoms with Crippen LogP contribution in [0.25, 0.3) is 0 Å². The number of nitrogen functional groups attached to an aromatic ring is 1. The second-order valence-electron chi connectivity index (χ2n) is 3.57. The van der Waals surface area contributed by atoms with Crippen molar-refractivity contribution in [1.29, 1.82) is 0 Å². The molecule has 1 aromatic heterocycles. The Morgan fingerprint density at radius 1 is 1.42 bits per heavy atom. The summed E-state index contributed by atoms with van der Waals surface area (Å²) in [7, 11) is 1.51. The lowest BCUT2D eigenvalue weighted by atomic mass is 10.1. The molecule has 0 bridgehead atoms. The zero-order chi connectivity index (χ0) is 14.4. The maximum atomic E-state index is 12.0. The van der Waals surface area contributed by atoms with Crippen molar-refractivity contribution >= 4 is 34.5 Å². The number of ketones is 1. The molecule has 0 amide bonds. The van der Waals surface area contributed by atoms with Crippen molar-refractivity contribution < 1.29 is 15.5 Å². The molecular formula is C12H15ClN3O2S+. The number of halogens is 1. The number of nitrogens with two attached hydrogens (primary N) is 1. The molecular weight excluding hydrogens is 286 g/mol. The minimum Gasteiger partial charge on any atom is -0.382 e. The van der Waals surface area contributed by atoms with E-state index in [1.807, 2.05) is 6.92 Å². The first kappa shape index (κ1) is 15.6. The van der Waals surface area contributed by atoms with Gasteiger partial charge in [0, 0.05) is 10.6 Å². The van der Waals surface area contributed by atoms with E-state index in [-0.39, 0.29) is 5.78 Å². The molecule has 0 radical (unpaired) electrons. The van der Waals surface area contributed by atoms with E-state index in [9.17, 15) is 4.79 Å². The number of aryl methyl sites for hydroxylation is 1. The summed E-state index contributed by atoms with van der Waals surface area (Å²) in [6.45, 7) is 1.82. The van der Waals surface area contributed by atoms with Gasteiger partial charge in [0.15, 0.2) is 0 Å². The van der Waals surface area contributed by atoms with Crippen LogP contribution in [0.5, 0.6) is 0 Å². The number of carbonyl (C=O) groups excluding carboxylic acids is 1. The summed E-state index contributed by atoms with van der Waals surface area (Å²) in [4.78, 5) is 20.5. The van der Waals surface area contributed by atoms with Crippen LogP contribution in [0.4, 0.5) is 5.82 Å². The van der Waals surface area contributed by atoms with Crippen LogP contribution in [0.3, 0.4) is 0 Å². The smallest absolute Gasteiger partial charge is 0.206 e. The minimum absolute atomic E-state index is 0.111. The van der Waals surface area contributed by atoms with Gasteiger partial charge in [0.1, 0.15) is 10.7 Å². The van der Waals surface area contributed by atoms with E-state index in [2.05, 4.69) is 15.7 Å². The average Bonchev–Trinajstić information content (AvgIpc) is 2.69. The number of rotatable bonds is 2. The van der Waals surface area contributed by atoms with E-state index >= 15 is 0 Å². The van der Waals surface area contributed by atoms with Crippen molar-refractivity contribution in [1.82, 2.24) is 4.98 Å². The Kier molecular flexibility index (Phi) is 5.91. The van der Waals surface area contributed by atoms with Gasteiger partial charge in [0.25, 0.3) is 0 Å². The molecule has 2 rings (SSSR count). The summed E-state index contributed by atoms with van der Waals surface area (Å²) in [5, 5.41) is 1.39. The van der Waals surface area contributed by atoms with E-state index < -0.39 is 0 Å². The van der Waals surface area contributed by atoms with E-state index in [4.69, 9.17) is 17.3 Å². The second-order valence-corrected chi connectivity index (χ2v) is 5.21. The van der Waals surface area contributed by atoms with Crippen LogP contribution in [-0.2, 0) is 4.84 Å². The fraction of sp³-hybridized carbons (Fsp3) is 0.167. The van der Waals surface area contributed by atoms with Gasteiger partial charge < -0.3 is 5.73 Å². The highest BCUT2D eigenvalue weighted by Crippen LogP contribution is 2.23. The number of carbonyl (C=O) groups is 1. The topological polar surface area (TPSA) is 92.8 Å². The monoisotopic (exact) mass is 300 g/mol. The molecule has 2 aromatic rings. The van der Waals surface area contributed by atoms with Crippen molar-refractivity contribution in [2.45, 2.75) is 6.92 Å². The van der Waals surface area contributed by atoms with Crippen molar-refractivity contribution in [3.63, 3.8) is 0 Å². The lowest BCUT2D eigenvalue weighted by molar-refractivity contribution is -0.679. The van der Waals surface area contributed by atoms with E-state index in [0.29, 0.717) is 21.3 Å². The molecule has 0 aliphatic rings. The molecule has 0 unspecified atom stereocenters. The number of hydrogen-bond acceptors (Lipinski definition) is 5. The first-order valence-corrected chi connectivity index (χ1v) is 6.50. The molecule has 0 fully saturated rings. The first-order valence-electron chi connectivity index (χ1n) is 5.31. The van der Waals surface area contributed by atoms with Crippen LogP contribution in [0.2, 0.25) is 5.02 Å². The zero-order valence-electron chi connectivity index (χ0n) is 10.6. The zero-order valence-corrected chi connectivity index (χ0v) is 12.2. The minimum atomic E-state index is -0.111. The highest BCUT2D eigenvalue weighted by atomic mass is 35.5. The Balaban J connectivity index is 0.000000550. The van der Waals surface area contributed by atoms with Gasteiger partial charge in [-0.1, -0.05) is 11.6 Å². The van der Waals surface area contributed by atoms with Gasteiger partial charge in [-0.15, -0.1) is 11.3 Å². The third-order valence-corrected chi connectivity index (χ3v) is 3.31. The van der Waals surface area contributed by atoms with Gasteiger partial charge in [-0.2, -0.15) is 0 Å². The van der Waals surface area contributed by atoms with Crippen LogP contribution < -0.4 is 11.6 Å². The quantitative estimate of drug-likeness (QED) is 0.652. The summed E-state index contributed by atoms with van der Waals surface area (Å²) < 4.78 is 0. The highest BCUT2D eigenvalue weighted by molar-refractivity contribution is 7.14. The van der Waals surface area contributed by atoms with Crippen molar-refractivity contribution in [3.8, 4) is 0 Å². The summed E-state index contributed by atoms with van der Waals surface area (Å²) in [6, 6.07) is 6.72. The predicted octanol–water partition coefficient (Wildman–Crippen LogP) is 1.71. The Morgan fingerprint density at radius 2 is 1.95 bits per heavy atom. The highest BCUT2D eigenvalue weighted by Gasteiger charge is 2.16. The first-order chi connectivity index (χ1) is 8.99. The number of benzene rings is 1. The Hall–Kier alpha value is -1.47. The lowest BCUT2D eigenvalue weighted by Crippen LogP contribution is -2.46. The maximum absolute atomic E-state index is 12.0. The molecule has 102 valence electrons. The normalized spacial score (nSPS) is 9.68. The number of anilines is 1. The number of hydrogen-bond donors (Lipinski definition) is 2. The van der Waals surface area contributed by atoms with E-state index in [1.165, 1.54) is 18.4 Å². The van der Waals surface area contributed by atoms with Gasteiger partial charge in [-0.25, -0.2) is 15.7 Å². The molecule has 1 heterocycles. The molecule has 1 aromatic carbocycles. The summed E-state index contributed by atoms with van der Waals surface area (Å²) >= 11 is 7.05. The molecule has 0 atom stereocenters. The van der Waals surface area contributed by atoms with Gasteiger partial charge in [0.2, 0.25) is 5.78 Å². The summed E-state index contributed by atoms with van der Waals surface area (Å²) in [6.07, 6.45) is 0. The van der Waals surface area contributed by atoms with Crippen LogP contribution >= 0.6 is 22.9 Å². The summed E-state index contributed by atoms with van der Waals surface area (Å²) in [5.41, 5.74) is 6.23. The van der Waals surface area contributed by atoms with Crippen molar-refractivity contribution in [2.75, 3.05) is 12.8 Å². The standard InChI is InChI=1S/C11H9ClN2OS.CH6NO/c1-6-14-11(13)10(16-6)9(15)7-2-4-8(12)5-3-7;1-3-2/h2-5H,13H2,1H3;1-2H3/q;+1. The van der Waals surface area contributed by atoms with Gasteiger partial charge in [-0.05, 0) is 31.2 Å². The molecule has 0 saturated heterocycles. The number of thiazole rings is 1. The molecule has 0 saturated carbocycles. The van der Waals surface area contributed by atoms with Crippen molar-refractivity contribution in [3.05, 3.63) is 44.7 Å². The second kappa shape index (κ2) is 7.20. The third-order valence-electron chi connectivity index (χ3n) is 2.07. The third kappa shape index (κ3) is 4.29. The fourth-order valence-electron chi connectivity index (χ4n) is 1.34. The average molecular weight is 301 g/mol. The molecule has 0 aliphatic carbocycles. The van der Waals surface area contributed by atoms with E-state index in [1.54, 1.807) is 24.3 Å². The Bertz CT molecular complexity index is 555. The molecule has 0 spiro atoms.